The van der Waals surface area contributed by atoms with Crippen LogP contribution in [0.3, 0.4) is 0 Å². The van der Waals surface area contributed by atoms with Gasteiger partial charge in [-0.1, -0.05) is 6.92 Å². The average Bonchev–Trinajstić information content (AvgIpc) is 2.45. The van der Waals surface area contributed by atoms with Gasteiger partial charge in [0.05, 0.1) is 12.3 Å². The molecule has 5 nitrogen and oxygen atoms in total. The molecule has 0 aromatic heterocycles. The summed E-state index contributed by atoms with van der Waals surface area (Å²) in [6.07, 6.45) is 2.96. The first-order valence-corrected chi connectivity index (χ1v) is 7.49. The number of amides is 1. The second-order valence-electron chi connectivity index (χ2n) is 5.37. The molecule has 1 aromatic rings. The summed E-state index contributed by atoms with van der Waals surface area (Å²) in [7, 11) is 4.09. The van der Waals surface area contributed by atoms with Crippen LogP contribution in [0.25, 0.3) is 0 Å². The summed E-state index contributed by atoms with van der Waals surface area (Å²) in [5.74, 6) is 0.549. The predicted octanol–water partition coefficient (Wildman–Crippen LogP) is 2.13. The number of nitrogens with two attached hydrogens (primary N) is 1. The van der Waals surface area contributed by atoms with Crippen LogP contribution in [0.2, 0.25) is 0 Å². The quantitative estimate of drug-likeness (QED) is 0.540. The number of anilines is 1. The van der Waals surface area contributed by atoms with Crippen LogP contribution in [0.5, 0.6) is 5.75 Å². The molecule has 0 fully saturated rings. The Balaban J connectivity index is 2.42. The molecule has 0 unspecified atom stereocenters. The van der Waals surface area contributed by atoms with Crippen LogP contribution in [0.1, 0.15) is 36.5 Å². The molecule has 0 aliphatic carbocycles. The molecule has 5 heteroatoms. The maximum Gasteiger partial charge on any atom is 0.251 e. The fraction of sp³-hybridized carbons (Fsp3) is 0.562. The van der Waals surface area contributed by atoms with Crippen LogP contribution < -0.4 is 15.8 Å². The van der Waals surface area contributed by atoms with E-state index in [0.29, 0.717) is 30.2 Å². The lowest BCUT2D eigenvalue weighted by Gasteiger charge is -2.11. The van der Waals surface area contributed by atoms with E-state index in [-0.39, 0.29) is 5.91 Å². The van der Waals surface area contributed by atoms with Gasteiger partial charge in [-0.25, -0.2) is 0 Å². The number of benzene rings is 1. The van der Waals surface area contributed by atoms with E-state index < -0.39 is 0 Å². The van der Waals surface area contributed by atoms with Crippen molar-refractivity contribution in [3.8, 4) is 5.75 Å². The first-order chi connectivity index (χ1) is 10.0. The van der Waals surface area contributed by atoms with Gasteiger partial charge in [0, 0.05) is 12.1 Å². The molecule has 1 amide bonds. The molecule has 0 radical (unpaired) electrons. The van der Waals surface area contributed by atoms with Crippen LogP contribution in [0.4, 0.5) is 5.69 Å². The van der Waals surface area contributed by atoms with Crippen molar-refractivity contribution in [2.45, 2.75) is 26.2 Å². The minimum absolute atomic E-state index is 0.0893. The van der Waals surface area contributed by atoms with Crippen molar-refractivity contribution in [3.63, 3.8) is 0 Å². The SMILES string of the molecule is CCCOc1ccc(C(=O)NCCCCN(C)C)cc1N. The molecule has 0 saturated heterocycles. The van der Waals surface area contributed by atoms with E-state index in [1.807, 2.05) is 21.0 Å². The lowest BCUT2D eigenvalue weighted by Crippen LogP contribution is -2.25. The summed E-state index contributed by atoms with van der Waals surface area (Å²) in [4.78, 5) is 14.1. The Morgan fingerprint density at radius 2 is 2.10 bits per heavy atom. The van der Waals surface area contributed by atoms with E-state index in [1.165, 1.54) is 0 Å². The molecule has 0 bridgehead atoms. The molecule has 3 N–H and O–H groups in total. The van der Waals surface area contributed by atoms with Gasteiger partial charge in [0.15, 0.2) is 0 Å². The molecular formula is C16H27N3O2. The van der Waals surface area contributed by atoms with E-state index in [1.54, 1.807) is 18.2 Å². The molecule has 0 spiro atoms. The second kappa shape index (κ2) is 9.23. The summed E-state index contributed by atoms with van der Waals surface area (Å²) in [6.45, 7) is 4.38. The van der Waals surface area contributed by atoms with Gasteiger partial charge in [-0.2, -0.15) is 0 Å². The van der Waals surface area contributed by atoms with Gasteiger partial charge < -0.3 is 20.7 Å². The zero-order chi connectivity index (χ0) is 15.7. The van der Waals surface area contributed by atoms with Crippen molar-refractivity contribution in [2.24, 2.45) is 0 Å². The average molecular weight is 293 g/mol. The minimum Gasteiger partial charge on any atom is -0.491 e. The second-order valence-corrected chi connectivity index (χ2v) is 5.37. The Morgan fingerprint density at radius 1 is 1.33 bits per heavy atom. The normalized spacial score (nSPS) is 10.7. The molecule has 0 aliphatic heterocycles. The zero-order valence-electron chi connectivity index (χ0n) is 13.3. The van der Waals surface area contributed by atoms with Gasteiger partial charge in [0.1, 0.15) is 5.75 Å². The zero-order valence-corrected chi connectivity index (χ0v) is 13.3. The lowest BCUT2D eigenvalue weighted by atomic mass is 10.1. The maximum absolute atomic E-state index is 12.0. The summed E-state index contributed by atoms with van der Waals surface area (Å²) >= 11 is 0. The molecule has 0 aliphatic rings. The van der Waals surface area contributed by atoms with E-state index in [0.717, 1.165) is 25.8 Å². The Bertz CT molecular complexity index is 447. The van der Waals surface area contributed by atoms with Crippen molar-refractivity contribution in [1.29, 1.82) is 0 Å². The van der Waals surface area contributed by atoms with Gasteiger partial charge in [-0.15, -0.1) is 0 Å². The van der Waals surface area contributed by atoms with E-state index in [9.17, 15) is 4.79 Å². The number of nitrogens with one attached hydrogen (secondary N) is 1. The number of rotatable bonds is 9. The number of carbonyl (C=O) groups is 1. The van der Waals surface area contributed by atoms with Gasteiger partial charge in [-0.05, 0) is 58.1 Å². The number of hydrogen-bond acceptors (Lipinski definition) is 4. The van der Waals surface area contributed by atoms with Gasteiger partial charge in [-0.3, -0.25) is 4.79 Å². The molecule has 21 heavy (non-hydrogen) atoms. The van der Waals surface area contributed by atoms with Crippen LogP contribution in [0.15, 0.2) is 18.2 Å². The van der Waals surface area contributed by atoms with E-state index in [2.05, 4.69) is 10.2 Å². The maximum atomic E-state index is 12.0. The van der Waals surface area contributed by atoms with Crippen molar-refractivity contribution in [1.82, 2.24) is 10.2 Å². The highest BCUT2D eigenvalue weighted by Gasteiger charge is 2.08. The summed E-state index contributed by atoms with van der Waals surface area (Å²) in [5, 5.41) is 2.91. The topological polar surface area (TPSA) is 67.6 Å². The molecule has 0 atom stereocenters. The molecule has 118 valence electrons. The molecule has 1 rings (SSSR count). The van der Waals surface area contributed by atoms with Crippen molar-refractivity contribution in [3.05, 3.63) is 23.8 Å². The summed E-state index contributed by atoms with van der Waals surface area (Å²) < 4.78 is 5.49. The highest BCUT2D eigenvalue weighted by molar-refractivity contribution is 5.95. The van der Waals surface area contributed by atoms with Gasteiger partial charge >= 0.3 is 0 Å². The number of nitrogens with zero attached hydrogens (tertiary/aromatic N) is 1. The monoisotopic (exact) mass is 293 g/mol. The number of unbranched alkanes of at least 4 members (excludes halogenated alkanes) is 1. The summed E-state index contributed by atoms with van der Waals surface area (Å²) in [5.41, 5.74) is 6.98. The Labute approximate surface area is 127 Å². The third-order valence-electron chi connectivity index (χ3n) is 3.05. The Morgan fingerprint density at radius 3 is 2.71 bits per heavy atom. The molecule has 0 saturated carbocycles. The number of carbonyl (C=O) groups excluding carboxylic acids is 1. The predicted molar refractivity (Wildman–Crippen MR) is 86.8 cm³/mol. The Hall–Kier alpha value is -1.75. The van der Waals surface area contributed by atoms with Crippen molar-refractivity contribution < 1.29 is 9.53 Å². The highest BCUT2D eigenvalue weighted by atomic mass is 16.5. The minimum atomic E-state index is -0.0893. The third-order valence-corrected chi connectivity index (χ3v) is 3.05. The smallest absolute Gasteiger partial charge is 0.251 e. The van der Waals surface area contributed by atoms with Crippen molar-refractivity contribution >= 4 is 11.6 Å². The third kappa shape index (κ3) is 6.49. The first-order valence-electron chi connectivity index (χ1n) is 7.49. The number of nitrogen functional groups attached to an aromatic ring is 1. The Kier molecular flexibility index (Phi) is 7.61. The van der Waals surface area contributed by atoms with E-state index in [4.69, 9.17) is 10.5 Å². The van der Waals surface area contributed by atoms with Crippen LogP contribution in [-0.4, -0.2) is 44.6 Å². The van der Waals surface area contributed by atoms with Gasteiger partial charge in [0.2, 0.25) is 0 Å². The van der Waals surface area contributed by atoms with Crippen LogP contribution >= 0.6 is 0 Å². The lowest BCUT2D eigenvalue weighted by molar-refractivity contribution is 0.0953. The first kappa shape index (κ1) is 17.3. The van der Waals surface area contributed by atoms with Crippen LogP contribution in [-0.2, 0) is 0 Å². The van der Waals surface area contributed by atoms with E-state index >= 15 is 0 Å². The van der Waals surface area contributed by atoms with Gasteiger partial charge in [0.25, 0.3) is 5.91 Å². The highest BCUT2D eigenvalue weighted by Crippen LogP contribution is 2.22. The summed E-state index contributed by atoms with van der Waals surface area (Å²) in [6, 6.07) is 5.17. The molecular weight excluding hydrogens is 266 g/mol. The molecule has 0 heterocycles. The fourth-order valence-electron chi connectivity index (χ4n) is 1.89. The standard InChI is InChI=1S/C16H27N3O2/c1-4-11-21-15-8-7-13(12-14(15)17)16(20)18-9-5-6-10-19(2)3/h7-8,12H,4-6,9-11,17H2,1-3H3,(H,18,20). The van der Waals surface area contributed by atoms with Crippen molar-refractivity contribution in [2.75, 3.05) is 39.5 Å². The fourth-order valence-corrected chi connectivity index (χ4v) is 1.89. The molecule has 1 aromatic carbocycles. The largest absolute Gasteiger partial charge is 0.491 e. The van der Waals surface area contributed by atoms with Crippen LogP contribution in [0, 0.1) is 0 Å². The number of hydrogen-bond donors (Lipinski definition) is 2. The number of ether oxygens (including phenoxy) is 1.